The largest absolute Gasteiger partial charge is 0.102 e. The zero-order valence-electron chi connectivity index (χ0n) is 9.36. The van der Waals surface area contributed by atoms with Crippen molar-refractivity contribution in [1.29, 1.82) is 0 Å². The SMILES string of the molecule is CC[Si@@H](c1ccccc1)c1ccc(Br)cc1. The first-order valence-electron chi connectivity index (χ1n) is 5.61. The fourth-order valence-electron chi connectivity index (χ4n) is 2.04. The number of rotatable bonds is 3. The Hall–Kier alpha value is -0.863. The summed E-state index contributed by atoms with van der Waals surface area (Å²) in [5.74, 6) is 0. The molecule has 0 fully saturated rings. The topological polar surface area (TPSA) is 0 Å². The van der Waals surface area contributed by atoms with Gasteiger partial charge in [0.25, 0.3) is 0 Å². The molecule has 0 unspecified atom stereocenters. The summed E-state index contributed by atoms with van der Waals surface area (Å²) in [4.78, 5) is 0. The molecule has 2 aromatic carbocycles. The molecule has 2 rings (SSSR count). The van der Waals surface area contributed by atoms with Crippen molar-refractivity contribution >= 4 is 35.1 Å². The van der Waals surface area contributed by atoms with Crippen LogP contribution in [-0.4, -0.2) is 8.80 Å². The van der Waals surface area contributed by atoms with Gasteiger partial charge in [0.2, 0.25) is 0 Å². The van der Waals surface area contributed by atoms with Gasteiger partial charge in [0.05, 0.1) is 0 Å². The Kier molecular flexibility index (Phi) is 3.96. The van der Waals surface area contributed by atoms with Gasteiger partial charge < -0.3 is 0 Å². The number of hydrogen-bond donors (Lipinski definition) is 0. The molecule has 82 valence electrons. The summed E-state index contributed by atoms with van der Waals surface area (Å²) >= 11 is 3.49. The molecule has 2 heteroatoms. The lowest BCUT2D eigenvalue weighted by Crippen LogP contribution is -2.41. The summed E-state index contributed by atoms with van der Waals surface area (Å²) in [6.45, 7) is 2.30. The fourth-order valence-corrected chi connectivity index (χ4v) is 4.98. The van der Waals surface area contributed by atoms with E-state index in [2.05, 4.69) is 77.5 Å². The predicted octanol–water partition coefficient (Wildman–Crippen LogP) is 2.81. The highest BCUT2D eigenvalue weighted by Gasteiger charge is 2.12. The Balaban J connectivity index is 2.33. The van der Waals surface area contributed by atoms with E-state index in [-0.39, 0.29) is 0 Å². The molecule has 0 amide bonds. The first-order valence-corrected chi connectivity index (χ1v) is 8.38. The van der Waals surface area contributed by atoms with E-state index in [1.165, 1.54) is 16.4 Å². The van der Waals surface area contributed by atoms with Gasteiger partial charge in [-0.3, -0.25) is 0 Å². The van der Waals surface area contributed by atoms with Crippen LogP contribution in [0, 0.1) is 0 Å². The molecule has 0 N–H and O–H groups in total. The molecule has 16 heavy (non-hydrogen) atoms. The van der Waals surface area contributed by atoms with Gasteiger partial charge in [0.1, 0.15) is 8.80 Å². The Morgan fingerprint density at radius 3 is 2.00 bits per heavy atom. The molecule has 0 bridgehead atoms. The normalized spacial score (nSPS) is 12.4. The van der Waals surface area contributed by atoms with Crippen molar-refractivity contribution in [3.05, 3.63) is 59.1 Å². The highest BCUT2D eigenvalue weighted by molar-refractivity contribution is 9.10. The van der Waals surface area contributed by atoms with Gasteiger partial charge in [0.15, 0.2) is 0 Å². The Morgan fingerprint density at radius 1 is 0.875 bits per heavy atom. The maximum Gasteiger partial charge on any atom is 0.102 e. The van der Waals surface area contributed by atoms with E-state index >= 15 is 0 Å². The van der Waals surface area contributed by atoms with E-state index in [0.29, 0.717) is 0 Å². The lowest BCUT2D eigenvalue weighted by Gasteiger charge is -2.14. The molecule has 0 saturated heterocycles. The molecule has 0 heterocycles. The van der Waals surface area contributed by atoms with Crippen molar-refractivity contribution in [2.75, 3.05) is 0 Å². The van der Waals surface area contributed by atoms with Gasteiger partial charge in [-0.05, 0) is 12.1 Å². The molecule has 0 radical (unpaired) electrons. The molecule has 0 aliphatic carbocycles. The minimum Gasteiger partial charge on any atom is -0.0674 e. The van der Waals surface area contributed by atoms with Crippen LogP contribution in [0.5, 0.6) is 0 Å². The van der Waals surface area contributed by atoms with Gasteiger partial charge in [-0.2, -0.15) is 0 Å². The summed E-state index contributed by atoms with van der Waals surface area (Å²) < 4.78 is 1.16. The quantitative estimate of drug-likeness (QED) is 0.763. The van der Waals surface area contributed by atoms with Crippen molar-refractivity contribution in [3.63, 3.8) is 0 Å². The molecule has 1 atom stereocenters. The molecule has 0 spiro atoms. The number of hydrogen-bond acceptors (Lipinski definition) is 0. The summed E-state index contributed by atoms with van der Waals surface area (Å²) in [6.07, 6.45) is 0. The second-order valence-corrected chi connectivity index (χ2v) is 8.09. The highest BCUT2D eigenvalue weighted by Crippen LogP contribution is 2.07. The Labute approximate surface area is 107 Å². The maximum atomic E-state index is 3.49. The lowest BCUT2D eigenvalue weighted by molar-refractivity contribution is 1.43. The smallest absolute Gasteiger partial charge is 0.0674 e. The Morgan fingerprint density at radius 2 is 1.44 bits per heavy atom. The Bertz CT molecular complexity index is 436. The summed E-state index contributed by atoms with van der Waals surface area (Å²) in [5, 5.41) is 3.06. The van der Waals surface area contributed by atoms with Crippen LogP contribution in [0.3, 0.4) is 0 Å². The van der Waals surface area contributed by atoms with Crippen molar-refractivity contribution < 1.29 is 0 Å². The molecule has 0 aliphatic heterocycles. The van der Waals surface area contributed by atoms with Crippen LogP contribution in [0.25, 0.3) is 0 Å². The van der Waals surface area contributed by atoms with E-state index < -0.39 is 8.80 Å². The van der Waals surface area contributed by atoms with E-state index in [0.717, 1.165) is 4.47 Å². The van der Waals surface area contributed by atoms with Crippen LogP contribution in [0.1, 0.15) is 6.92 Å². The lowest BCUT2D eigenvalue weighted by atomic mass is 10.4. The van der Waals surface area contributed by atoms with E-state index in [9.17, 15) is 0 Å². The monoisotopic (exact) mass is 290 g/mol. The second kappa shape index (κ2) is 5.46. The average Bonchev–Trinajstić information content (AvgIpc) is 2.34. The highest BCUT2D eigenvalue weighted by atomic mass is 79.9. The van der Waals surface area contributed by atoms with Crippen LogP contribution in [0.15, 0.2) is 59.1 Å². The van der Waals surface area contributed by atoms with Crippen LogP contribution in [-0.2, 0) is 0 Å². The van der Waals surface area contributed by atoms with Crippen LogP contribution < -0.4 is 10.4 Å². The predicted molar refractivity (Wildman–Crippen MR) is 77.5 cm³/mol. The van der Waals surface area contributed by atoms with Crippen LogP contribution >= 0.6 is 15.9 Å². The third-order valence-electron chi connectivity index (χ3n) is 2.88. The minimum absolute atomic E-state index is 0.971. The molecule has 0 nitrogen and oxygen atoms in total. The van der Waals surface area contributed by atoms with Crippen molar-refractivity contribution in [3.8, 4) is 0 Å². The maximum absolute atomic E-state index is 3.49. The molecule has 0 saturated carbocycles. The first-order chi connectivity index (χ1) is 7.81. The molecular weight excluding hydrogens is 276 g/mol. The zero-order chi connectivity index (χ0) is 11.4. The van der Waals surface area contributed by atoms with Crippen molar-refractivity contribution in [2.45, 2.75) is 13.0 Å². The molecular formula is C14H15BrSi. The number of benzene rings is 2. The van der Waals surface area contributed by atoms with Crippen LogP contribution in [0.2, 0.25) is 6.04 Å². The van der Waals surface area contributed by atoms with E-state index in [4.69, 9.17) is 0 Å². The third kappa shape index (κ3) is 2.63. The second-order valence-electron chi connectivity index (χ2n) is 3.92. The fraction of sp³-hybridized carbons (Fsp3) is 0.143. The zero-order valence-corrected chi connectivity index (χ0v) is 12.1. The van der Waals surface area contributed by atoms with Gasteiger partial charge in [-0.15, -0.1) is 0 Å². The summed E-state index contributed by atoms with van der Waals surface area (Å²) in [6, 6.07) is 21.0. The standard InChI is InChI=1S/C14H15BrSi/c1-2-16(13-6-4-3-5-7-13)14-10-8-12(15)9-11-14/h3-11,16H,2H2,1H3/t16-/m0/s1. The summed E-state index contributed by atoms with van der Waals surface area (Å²) in [5.41, 5.74) is 0. The van der Waals surface area contributed by atoms with Gasteiger partial charge in [-0.25, -0.2) is 0 Å². The van der Waals surface area contributed by atoms with E-state index in [1.807, 2.05) is 0 Å². The average molecular weight is 291 g/mol. The van der Waals surface area contributed by atoms with Crippen molar-refractivity contribution in [2.24, 2.45) is 0 Å². The van der Waals surface area contributed by atoms with Crippen LogP contribution in [0.4, 0.5) is 0 Å². The number of halogens is 1. The van der Waals surface area contributed by atoms with Gasteiger partial charge >= 0.3 is 0 Å². The molecule has 2 aromatic rings. The molecule has 0 aliphatic rings. The minimum atomic E-state index is -0.971. The summed E-state index contributed by atoms with van der Waals surface area (Å²) in [7, 11) is -0.971. The van der Waals surface area contributed by atoms with Gasteiger partial charge in [0, 0.05) is 4.47 Å². The first kappa shape index (κ1) is 11.6. The van der Waals surface area contributed by atoms with Crippen molar-refractivity contribution in [1.82, 2.24) is 0 Å². The van der Waals surface area contributed by atoms with Gasteiger partial charge in [-0.1, -0.05) is 81.7 Å². The third-order valence-corrected chi connectivity index (χ3v) is 6.61. The van der Waals surface area contributed by atoms with E-state index in [1.54, 1.807) is 0 Å². The molecule has 0 aromatic heterocycles.